The van der Waals surface area contributed by atoms with Gasteiger partial charge in [-0.25, -0.2) is 0 Å². The lowest BCUT2D eigenvalue weighted by Crippen LogP contribution is -2.25. The third kappa shape index (κ3) is 2.85. The monoisotopic (exact) mass is 221 g/mol. The van der Waals surface area contributed by atoms with E-state index < -0.39 is 0 Å². The summed E-state index contributed by atoms with van der Waals surface area (Å²) < 4.78 is 1.88. The lowest BCUT2D eigenvalue weighted by molar-refractivity contribution is 0.287. The van der Waals surface area contributed by atoms with E-state index in [0.29, 0.717) is 6.04 Å². The van der Waals surface area contributed by atoms with Crippen molar-refractivity contribution in [2.75, 3.05) is 6.54 Å². The van der Waals surface area contributed by atoms with E-state index in [4.69, 9.17) is 0 Å². The maximum atomic E-state index is 4.23. The minimum Gasteiger partial charge on any atom is -0.310 e. The predicted octanol–water partition coefficient (Wildman–Crippen LogP) is 2.65. The molecule has 0 saturated heterocycles. The summed E-state index contributed by atoms with van der Waals surface area (Å²) in [5, 5.41) is 7.88. The summed E-state index contributed by atoms with van der Waals surface area (Å²) >= 11 is 0. The molecule has 0 amide bonds. The Labute approximate surface area is 98.2 Å². The quantitative estimate of drug-likeness (QED) is 0.800. The lowest BCUT2D eigenvalue weighted by atomic mass is 9.83. The first kappa shape index (κ1) is 11.6. The van der Waals surface area contributed by atoms with Crippen molar-refractivity contribution in [1.29, 1.82) is 0 Å². The first-order valence-corrected chi connectivity index (χ1v) is 6.51. The second-order valence-electron chi connectivity index (χ2n) is 4.95. The molecule has 1 aliphatic carbocycles. The molecule has 1 atom stereocenters. The average Bonchev–Trinajstić information content (AvgIpc) is 2.62. The summed E-state index contributed by atoms with van der Waals surface area (Å²) in [5.41, 5.74) is 1.32. The van der Waals surface area contributed by atoms with Crippen LogP contribution in [-0.2, 0) is 7.05 Å². The van der Waals surface area contributed by atoms with Gasteiger partial charge in [0.1, 0.15) is 0 Å². The molecule has 0 radical (unpaired) electrons. The van der Waals surface area contributed by atoms with Gasteiger partial charge in [-0.05, 0) is 25.3 Å². The topological polar surface area (TPSA) is 29.9 Å². The van der Waals surface area contributed by atoms with Gasteiger partial charge < -0.3 is 5.32 Å². The summed E-state index contributed by atoms with van der Waals surface area (Å²) in [6.07, 6.45) is 10.9. The van der Waals surface area contributed by atoms with Crippen LogP contribution >= 0.6 is 0 Å². The van der Waals surface area contributed by atoms with Gasteiger partial charge in [-0.15, -0.1) is 0 Å². The van der Waals surface area contributed by atoms with Gasteiger partial charge in [-0.3, -0.25) is 4.68 Å². The van der Waals surface area contributed by atoms with Gasteiger partial charge in [0.15, 0.2) is 0 Å². The van der Waals surface area contributed by atoms with Gasteiger partial charge in [-0.1, -0.05) is 26.2 Å². The van der Waals surface area contributed by atoms with Crippen molar-refractivity contribution in [2.45, 2.75) is 45.1 Å². The van der Waals surface area contributed by atoms with Gasteiger partial charge in [0.25, 0.3) is 0 Å². The average molecular weight is 221 g/mol. The van der Waals surface area contributed by atoms with Crippen LogP contribution in [0.3, 0.4) is 0 Å². The fraction of sp³-hybridized carbons (Fsp3) is 0.769. The van der Waals surface area contributed by atoms with Crippen LogP contribution in [-0.4, -0.2) is 16.3 Å². The third-order valence-electron chi connectivity index (χ3n) is 3.70. The van der Waals surface area contributed by atoms with Crippen molar-refractivity contribution in [3.63, 3.8) is 0 Å². The number of rotatable bonds is 6. The lowest BCUT2D eigenvalue weighted by Gasteiger charge is -2.26. The van der Waals surface area contributed by atoms with E-state index in [1.54, 1.807) is 0 Å². The number of nitrogens with zero attached hydrogens (tertiary/aromatic N) is 2. The summed E-state index contributed by atoms with van der Waals surface area (Å²) in [6.45, 7) is 3.38. The Morgan fingerprint density at radius 2 is 2.38 bits per heavy atom. The zero-order valence-corrected chi connectivity index (χ0v) is 10.4. The van der Waals surface area contributed by atoms with Gasteiger partial charge in [0, 0.05) is 24.8 Å². The molecule has 1 unspecified atom stereocenters. The van der Waals surface area contributed by atoms with Crippen molar-refractivity contribution in [3.05, 3.63) is 18.0 Å². The largest absolute Gasteiger partial charge is 0.310 e. The molecule has 1 saturated carbocycles. The predicted molar refractivity (Wildman–Crippen MR) is 66.2 cm³/mol. The Kier molecular flexibility index (Phi) is 3.99. The Hall–Kier alpha value is -0.830. The Morgan fingerprint density at radius 1 is 1.56 bits per heavy atom. The normalized spacial score (nSPS) is 18.4. The highest BCUT2D eigenvalue weighted by Crippen LogP contribution is 2.29. The van der Waals surface area contributed by atoms with E-state index in [1.807, 2.05) is 17.9 Å². The molecule has 1 fully saturated rings. The van der Waals surface area contributed by atoms with Crippen molar-refractivity contribution < 1.29 is 0 Å². The summed E-state index contributed by atoms with van der Waals surface area (Å²) in [7, 11) is 1.98. The standard InChI is InChI=1S/C13H23N3/c1-3-13(12-9-15-16(2)10-12)14-8-7-11-5-4-6-11/h9-11,13-14H,3-8H2,1-2H3. The molecule has 3 nitrogen and oxygen atoms in total. The highest BCUT2D eigenvalue weighted by Gasteiger charge is 2.17. The molecular formula is C13H23N3. The molecule has 0 aliphatic heterocycles. The fourth-order valence-corrected chi connectivity index (χ4v) is 2.36. The number of hydrogen-bond acceptors (Lipinski definition) is 2. The third-order valence-corrected chi connectivity index (χ3v) is 3.70. The number of nitrogens with one attached hydrogen (secondary N) is 1. The summed E-state index contributed by atoms with van der Waals surface area (Å²) in [5.74, 6) is 0.999. The van der Waals surface area contributed by atoms with Crippen molar-refractivity contribution in [3.8, 4) is 0 Å². The molecule has 0 aromatic carbocycles. The molecule has 0 spiro atoms. The van der Waals surface area contributed by atoms with Crippen molar-refractivity contribution >= 4 is 0 Å². The van der Waals surface area contributed by atoms with Crippen LogP contribution in [0.2, 0.25) is 0 Å². The van der Waals surface area contributed by atoms with E-state index in [-0.39, 0.29) is 0 Å². The van der Waals surface area contributed by atoms with Crippen LogP contribution in [0.15, 0.2) is 12.4 Å². The molecule has 90 valence electrons. The second kappa shape index (κ2) is 5.48. The second-order valence-corrected chi connectivity index (χ2v) is 4.95. The summed E-state index contributed by atoms with van der Waals surface area (Å²) in [4.78, 5) is 0. The van der Waals surface area contributed by atoms with Gasteiger partial charge in [0.2, 0.25) is 0 Å². The Morgan fingerprint density at radius 3 is 2.88 bits per heavy atom. The smallest absolute Gasteiger partial charge is 0.0537 e. The Balaban J connectivity index is 1.76. The number of hydrogen-bond donors (Lipinski definition) is 1. The molecule has 1 aromatic heterocycles. The molecule has 2 rings (SSSR count). The van der Waals surface area contributed by atoms with E-state index in [0.717, 1.165) is 18.9 Å². The van der Waals surface area contributed by atoms with Crippen LogP contribution in [0, 0.1) is 5.92 Å². The molecule has 1 aromatic rings. The van der Waals surface area contributed by atoms with Crippen LogP contribution in [0.1, 0.15) is 50.6 Å². The molecule has 1 N–H and O–H groups in total. The minimum atomic E-state index is 0.480. The van der Waals surface area contributed by atoms with Crippen LogP contribution in [0.5, 0.6) is 0 Å². The number of aromatic nitrogens is 2. The number of aryl methyl sites for hydroxylation is 1. The maximum absolute atomic E-state index is 4.23. The van der Waals surface area contributed by atoms with E-state index in [2.05, 4.69) is 23.5 Å². The zero-order valence-electron chi connectivity index (χ0n) is 10.4. The maximum Gasteiger partial charge on any atom is 0.0537 e. The highest BCUT2D eigenvalue weighted by atomic mass is 15.2. The molecule has 1 heterocycles. The SMILES string of the molecule is CCC(NCCC1CCC1)c1cnn(C)c1. The molecule has 0 bridgehead atoms. The van der Waals surface area contributed by atoms with Gasteiger partial charge in [-0.2, -0.15) is 5.10 Å². The van der Waals surface area contributed by atoms with Crippen LogP contribution in [0.4, 0.5) is 0 Å². The van der Waals surface area contributed by atoms with E-state index >= 15 is 0 Å². The summed E-state index contributed by atoms with van der Waals surface area (Å²) in [6, 6.07) is 0.480. The highest BCUT2D eigenvalue weighted by molar-refractivity contribution is 5.09. The van der Waals surface area contributed by atoms with Crippen LogP contribution < -0.4 is 5.32 Å². The first-order chi connectivity index (χ1) is 7.79. The molecule has 3 heteroatoms. The Bertz CT molecular complexity index is 315. The van der Waals surface area contributed by atoms with Gasteiger partial charge in [0.05, 0.1) is 6.20 Å². The van der Waals surface area contributed by atoms with Crippen molar-refractivity contribution in [1.82, 2.24) is 15.1 Å². The fourth-order valence-electron chi connectivity index (χ4n) is 2.36. The first-order valence-electron chi connectivity index (χ1n) is 6.51. The molecular weight excluding hydrogens is 198 g/mol. The van der Waals surface area contributed by atoms with Gasteiger partial charge >= 0.3 is 0 Å². The zero-order chi connectivity index (χ0) is 11.4. The molecule has 1 aliphatic rings. The van der Waals surface area contributed by atoms with Crippen molar-refractivity contribution in [2.24, 2.45) is 13.0 Å². The van der Waals surface area contributed by atoms with Crippen LogP contribution in [0.25, 0.3) is 0 Å². The molecule has 16 heavy (non-hydrogen) atoms. The van der Waals surface area contributed by atoms with E-state index in [1.165, 1.54) is 31.2 Å². The minimum absolute atomic E-state index is 0.480. The van der Waals surface area contributed by atoms with E-state index in [9.17, 15) is 0 Å².